The Hall–Kier alpha value is -2.54. The van der Waals surface area contributed by atoms with Crippen LogP contribution in [0.2, 0.25) is 0 Å². The van der Waals surface area contributed by atoms with Gasteiger partial charge in [-0.3, -0.25) is 19.3 Å². The van der Waals surface area contributed by atoms with Crippen molar-refractivity contribution < 1.29 is 14.3 Å². The zero-order valence-electron chi connectivity index (χ0n) is 23.4. The normalized spacial score (nSPS) is 31.0. The molecule has 3 heterocycles. The first-order valence-electron chi connectivity index (χ1n) is 15.5. The minimum Gasteiger partial charge on any atom is -0.466 e. The highest BCUT2D eigenvalue weighted by atomic mass is 16.5. The number of esters is 1. The summed E-state index contributed by atoms with van der Waals surface area (Å²) in [5, 5.41) is 0. The van der Waals surface area contributed by atoms with Gasteiger partial charge in [0.25, 0.3) is 5.56 Å². The predicted octanol–water partition coefficient (Wildman–Crippen LogP) is 5.84. The van der Waals surface area contributed by atoms with Crippen molar-refractivity contribution in [3.8, 4) is 0 Å². The molecule has 2 aliphatic heterocycles. The van der Waals surface area contributed by atoms with Crippen molar-refractivity contribution in [2.24, 2.45) is 11.8 Å². The third-order valence-electron chi connectivity index (χ3n) is 10.1. The molecule has 6 rings (SSSR count). The number of hydrogen-bond donors (Lipinski definition) is 0. The molecule has 2 saturated heterocycles. The van der Waals surface area contributed by atoms with Crippen LogP contribution in [0.1, 0.15) is 113 Å². The molecule has 2 saturated carbocycles. The molecule has 2 aromatic rings. The molecule has 0 radical (unpaired) electrons. The van der Waals surface area contributed by atoms with E-state index in [2.05, 4.69) is 9.88 Å². The smallest absolute Gasteiger partial charge is 0.306 e. The number of piperidine rings is 2. The molecule has 210 valence electrons. The van der Waals surface area contributed by atoms with Crippen molar-refractivity contribution in [1.29, 1.82) is 0 Å². The van der Waals surface area contributed by atoms with Crippen LogP contribution in [-0.2, 0) is 9.53 Å². The van der Waals surface area contributed by atoms with Crippen LogP contribution in [0.25, 0.3) is 11.0 Å². The van der Waals surface area contributed by atoms with Crippen molar-refractivity contribution in [3.63, 3.8) is 0 Å². The number of Topliss-reactive ketones (excluding diaryl/α,β-unsaturated/α-hetero) is 1. The summed E-state index contributed by atoms with van der Waals surface area (Å²) in [5.41, 5.74) is 1.13. The molecular weight excluding hydrogens is 490 g/mol. The maximum absolute atomic E-state index is 13.9. The lowest BCUT2D eigenvalue weighted by Crippen LogP contribution is -2.58. The van der Waals surface area contributed by atoms with E-state index in [4.69, 9.17) is 4.74 Å². The fourth-order valence-electron chi connectivity index (χ4n) is 8.57. The summed E-state index contributed by atoms with van der Waals surface area (Å²) in [6, 6.07) is 9.42. The summed E-state index contributed by atoms with van der Waals surface area (Å²) in [6.07, 6.45) is 15.2. The van der Waals surface area contributed by atoms with Crippen molar-refractivity contribution in [3.05, 3.63) is 40.3 Å². The summed E-state index contributed by atoms with van der Waals surface area (Å²) < 4.78 is 6.87. The van der Waals surface area contributed by atoms with E-state index >= 15 is 0 Å². The van der Waals surface area contributed by atoms with Gasteiger partial charge in [-0.25, -0.2) is 4.98 Å². The highest BCUT2D eigenvalue weighted by Crippen LogP contribution is 2.47. The standard InChI is InChI=1S/C32H43N3O4/c1-2-39-30(37)15-14-29(36)31-32(38)35(28-13-6-5-12-27(28)33-31)26-19-23-10-7-11-24(20-26)34(23)25-17-21-8-3-4-9-22(16-21)18-25/h5-6,12-13,21-26H,2-4,7-11,14-20H2,1H3/t21?,22?,23-,24?,25?,26?/m1/s1. The Morgan fingerprint density at radius 2 is 1.54 bits per heavy atom. The number of fused-ring (bicyclic) bond motifs is 5. The predicted molar refractivity (Wildman–Crippen MR) is 151 cm³/mol. The summed E-state index contributed by atoms with van der Waals surface area (Å²) in [5.74, 6) is 0.985. The van der Waals surface area contributed by atoms with Gasteiger partial charge in [-0.2, -0.15) is 0 Å². The summed E-state index contributed by atoms with van der Waals surface area (Å²) in [6.45, 7) is 2.02. The number of ketones is 1. The Bertz CT molecular complexity index is 1240. The Morgan fingerprint density at radius 3 is 2.23 bits per heavy atom. The average Bonchev–Trinajstić information content (AvgIpc) is 3.10. The molecule has 0 amide bonds. The molecule has 4 aliphatic rings. The van der Waals surface area contributed by atoms with E-state index in [0.717, 1.165) is 30.2 Å². The molecule has 39 heavy (non-hydrogen) atoms. The van der Waals surface area contributed by atoms with E-state index in [1.165, 1.54) is 64.2 Å². The van der Waals surface area contributed by atoms with Crippen molar-refractivity contribution in [1.82, 2.24) is 14.5 Å². The highest BCUT2D eigenvalue weighted by Gasteiger charge is 2.45. The lowest BCUT2D eigenvalue weighted by Gasteiger charge is -2.54. The van der Waals surface area contributed by atoms with Gasteiger partial charge in [0.2, 0.25) is 0 Å². The monoisotopic (exact) mass is 533 g/mol. The number of ether oxygens (including phenoxy) is 1. The summed E-state index contributed by atoms with van der Waals surface area (Å²) >= 11 is 0. The SMILES string of the molecule is CCOC(=O)CCC(=O)c1nc2ccccc2n(C2CC3CCC[C@H](C2)N3C2CC3CCCCC(C3)C2)c1=O. The van der Waals surface area contributed by atoms with E-state index in [1.54, 1.807) is 6.92 Å². The molecule has 2 aliphatic carbocycles. The zero-order valence-corrected chi connectivity index (χ0v) is 23.4. The van der Waals surface area contributed by atoms with E-state index < -0.39 is 5.97 Å². The van der Waals surface area contributed by atoms with Crippen molar-refractivity contribution in [2.75, 3.05) is 6.61 Å². The Morgan fingerprint density at radius 1 is 0.846 bits per heavy atom. The number of nitrogens with zero attached hydrogens (tertiary/aromatic N) is 3. The second kappa shape index (κ2) is 11.5. The molecule has 1 aromatic carbocycles. The van der Waals surface area contributed by atoms with Crippen LogP contribution < -0.4 is 5.56 Å². The molecule has 0 N–H and O–H groups in total. The van der Waals surface area contributed by atoms with Gasteiger partial charge >= 0.3 is 5.97 Å². The third kappa shape index (κ3) is 5.44. The maximum Gasteiger partial charge on any atom is 0.306 e. The lowest BCUT2D eigenvalue weighted by molar-refractivity contribution is -0.143. The molecule has 1 aromatic heterocycles. The second-order valence-corrected chi connectivity index (χ2v) is 12.5. The maximum atomic E-state index is 13.9. The van der Waals surface area contributed by atoms with Gasteiger partial charge in [0, 0.05) is 30.6 Å². The van der Waals surface area contributed by atoms with Gasteiger partial charge < -0.3 is 9.30 Å². The fourth-order valence-corrected chi connectivity index (χ4v) is 8.57. The first kappa shape index (κ1) is 26.7. The molecule has 7 nitrogen and oxygen atoms in total. The van der Waals surface area contributed by atoms with Gasteiger partial charge in [0.15, 0.2) is 11.5 Å². The van der Waals surface area contributed by atoms with Gasteiger partial charge in [-0.05, 0) is 75.8 Å². The zero-order chi connectivity index (χ0) is 26.9. The van der Waals surface area contributed by atoms with Gasteiger partial charge in [-0.15, -0.1) is 0 Å². The number of aromatic nitrogens is 2. The molecule has 4 fully saturated rings. The van der Waals surface area contributed by atoms with Crippen LogP contribution >= 0.6 is 0 Å². The van der Waals surface area contributed by atoms with Crippen molar-refractivity contribution in [2.45, 2.75) is 121 Å². The van der Waals surface area contributed by atoms with Crippen LogP contribution in [-0.4, -0.2) is 50.9 Å². The molecule has 7 heteroatoms. The Labute approximate surface area is 231 Å². The van der Waals surface area contributed by atoms with Crippen LogP contribution in [0.3, 0.4) is 0 Å². The van der Waals surface area contributed by atoms with Gasteiger partial charge in [0.1, 0.15) is 0 Å². The molecule has 4 bridgehead atoms. The van der Waals surface area contributed by atoms with Crippen LogP contribution in [0.5, 0.6) is 0 Å². The third-order valence-corrected chi connectivity index (χ3v) is 10.1. The van der Waals surface area contributed by atoms with Crippen LogP contribution in [0.4, 0.5) is 0 Å². The number of hydrogen-bond acceptors (Lipinski definition) is 6. The number of para-hydroxylation sites is 2. The minimum atomic E-state index is -0.422. The number of carbonyl (C=O) groups is 2. The summed E-state index contributed by atoms with van der Waals surface area (Å²) in [7, 11) is 0. The number of rotatable bonds is 7. The number of benzene rings is 1. The molecule has 4 unspecified atom stereocenters. The largest absolute Gasteiger partial charge is 0.466 e. The van der Waals surface area contributed by atoms with E-state index in [0.29, 0.717) is 23.6 Å². The lowest BCUT2D eigenvalue weighted by atomic mass is 9.73. The number of carbonyl (C=O) groups excluding carboxylic acids is 2. The molecular formula is C32H43N3O4. The Balaban J connectivity index is 1.28. The second-order valence-electron chi connectivity index (χ2n) is 12.5. The van der Waals surface area contributed by atoms with Gasteiger partial charge in [0.05, 0.1) is 24.1 Å². The van der Waals surface area contributed by atoms with Crippen LogP contribution in [0.15, 0.2) is 29.1 Å². The van der Waals surface area contributed by atoms with E-state index in [1.807, 2.05) is 28.8 Å². The average molecular weight is 534 g/mol. The molecule has 0 spiro atoms. The summed E-state index contributed by atoms with van der Waals surface area (Å²) in [4.78, 5) is 46.3. The quantitative estimate of drug-likeness (QED) is 0.329. The first-order valence-corrected chi connectivity index (χ1v) is 15.5. The van der Waals surface area contributed by atoms with Crippen LogP contribution in [0, 0.1) is 11.8 Å². The topological polar surface area (TPSA) is 81.5 Å². The fraction of sp³-hybridized carbons (Fsp3) is 0.688. The highest BCUT2D eigenvalue weighted by molar-refractivity contribution is 5.97. The first-order chi connectivity index (χ1) is 19.0. The van der Waals surface area contributed by atoms with E-state index in [9.17, 15) is 14.4 Å². The Kier molecular flexibility index (Phi) is 7.88. The molecule has 5 atom stereocenters. The van der Waals surface area contributed by atoms with Crippen molar-refractivity contribution >= 4 is 22.8 Å². The minimum absolute atomic E-state index is 0.0352. The van der Waals surface area contributed by atoms with E-state index in [-0.39, 0.29) is 42.5 Å². The van der Waals surface area contributed by atoms with Gasteiger partial charge in [-0.1, -0.05) is 44.2 Å².